The molecule has 0 bridgehead atoms. The Morgan fingerprint density at radius 2 is 1.44 bits per heavy atom. The number of rotatable bonds is 4. The molecule has 1 unspecified atom stereocenters. The average Bonchev–Trinajstić information content (AvgIpc) is 3.37. The third-order valence-electron chi connectivity index (χ3n) is 10.3. The molecule has 45 heavy (non-hydrogen) atoms. The van der Waals surface area contributed by atoms with Crippen molar-refractivity contribution < 1.29 is 4.58 Å². The molecule has 0 spiro atoms. The van der Waals surface area contributed by atoms with Crippen LogP contribution < -0.4 is 4.90 Å². The maximum atomic E-state index is 2.41. The van der Waals surface area contributed by atoms with Crippen LogP contribution in [0.1, 0.15) is 64.5 Å². The number of allylic oxidation sites excluding steroid dienone is 10. The summed E-state index contributed by atoms with van der Waals surface area (Å²) in [7, 11) is 4.41. The van der Waals surface area contributed by atoms with Gasteiger partial charge in [0, 0.05) is 42.1 Å². The normalized spacial score (nSPS) is 22.4. The van der Waals surface area contributed by atoms with Crippen LogP contribution in [0.4, 0.5) is 11.4 Å². The van der Waals surface area contributed by atoms with Gasteiger partial charge in [-0.2, -0.15) is 4.58 Å². The Bertz CT molecular complexity index is 2040. The summed E-state index contributed by atoms with van der Waals surface area (Å²) in [6.07, 6.45) is 18.4. The van der Waals surface area contributed by atoms with E-state index in [0.29, 0.717) is 5.92 Å². The molecule has 1 aliphatic carbocycles. The van der Waals surface area contributed by atoms with Gasteiger partial charge in [-0.05, 0) is 88.6 Å². The number of nitrogens with zero attached hydrogens (tertiary/aromatic N) is 2. The molecule has 0 amide bonds. The lowest BCUT2D eigenvalue weighted by Gasteiger charge is -2.30. The highest BCUT2D eigenvalue weighted by Gasteiger charge is 2.44. The van der Waals surface area contributed by atoms with E-state index in [-0.39, 0.29) is 10.8 Å². The van der Waals surface area contributed by atoms with Crippen LogP contribution in [0.5, 0.6) is 0 Å². The third kappa shape index (κ3) is 5.01. The molecule has 4 aromatic rings. The smallest absolute Gasteiger partial charge is 0.210 e. The average molecular weight is 590 g/mol. The van der Waals surface area contributed by atoms with E-state index in [9.17, 15) is 0 Å². The van der Waals surface area contributed by atoms with Crippen molar-refractivity contribution in [3.8, 4) is 0 Å². The van der Waals surface area contributed by atoms with E-state index in [1.54, 1.807) is 0 Å². The zero-order chi connectivity index (χ0) is 31.5. The van der Waals surface area contributed by atoms with E-state index in [1.807, 2.05) is 0 Å². The van der Waals surface area contributed by atoms with Crippen LogP contribution >= 0.6 is 0 Å². The van der Waals surface area contributed by atoms with Crippen LogP contribution in [-0.4, -0.2) is 24.4 Å². The van der Waals surface area contributed by atoms with Crippen LogP contribution in [0.2, 0.25) is 0 Å². The van der Waals surface area contributed by atoms with Gasteiger partial charge in [0.1, 0.15) is 7.05 Å². The fraction of sp³-hybridized carbons (Fsp3) is 0.279. The summed E-state index contributed by atoms with van der Waals surface area (Å²) >= 11 is 0. The first-order valence-electron chi connectivity index (χ1n) is 16.4. The fourth-order valence-electron chi connectivity index (χ4n) is 8.31. The Balaban J connectivity index is 1.14. The van der Waals surface area contributed by atoms with Crippen LogP contribution in [-0.2, 0) is 5.41 Å². The molecule has 1 atom stereocenters. The lowest BCUT2D eigenvalue weighted by Crippen LogP contribution is -2.26. The second-order valence-electron chi connectivity index (χ2n) is 14.5. The molecule has 2 heterocycles. The molecular formula is C43H45N2+. The monoisotopic (exact) mass is 589 g/mol. The predicted molar refractivity (Wildman–Crippen MR) is 194 cm³/mol. The Kier molecular flexibility index (Phi) is 7.08. The van der Waals surface area contributed by atoms with Gasteiger partial charge in [0.2, 0.25) is 5.69 Å². The van der Waals surface area contributed by atoms with Gasteiger partial charge >= 0.3 is 0 Å². The molecule has 2 nitrogen and oxygen atoms in total. The predicted octanol–water partition coefficient (Wildman–Crippen LogP) is 10.9. The summed E-state index contributed by atoms with van der Waals surface area (Å²) in [5, 5.41) is 5.34. The van der Waals surface area contributed by atoms with E-state index in [1.165, 1.54) is 66.6 Å². The number of hydrogen-bond acceptors (Lipinski definition) is 1. The largest absolute Gasteiger partial charge is 0.347 e. The molecule has 0 fully saturated rings. The minimum absolute atomic E-state index is 0.0699. The van der Waals surface area contributed by atoms with Gasteiger partial charge < -0.3 is 4.90 Å². The molecule has 7 rings (SSSR count). The van der Waals surface area contributed by atoms with Crippen molar-refractivity contribution in [2.75, 3.05) is 19.0 Å². The highest BCUT2D eigenvalue weighted by Crippen LogP contribution is 2.46. The van der Waals surface area contributed by atoms with Crippen molar-refractivity contribution in [3.63, 3.8) is 0 Å². The molecular weight excluding hydrogens is 544 g/mol. The molecule has 2 aliphatic heterocycles. The van der Waals surface area contributed by atoms with Gasteiger partial charge in [0.05, 0.1) is 5.41 Å². The van der Waals surface area contributed by atoms with Gasteiger partial charge in [-0.15, -0.1) is 0 Å². The minimum Gasteiger partial charge on any atom is -0.347 e. The van der Waals surface area contributed by atoms with Gasteiger partial charge in [-0.3, -0.25) is 0 Å². The zero-order valence-corrected chi connectivity index (χ0v) is 27.9. The molecule has 0 aromatic heterocycles. The van der Waals surface area contributed by atoms with E-state index in [4.69, 9.17) is 0 Å². The number of hydrogen-bond donors (Lipinski definition) is 0. The first kappa shape index (κ1) is 29.3. The lowest BCUT2D eigenvalue weighted by molar-refractivity contribution is -0.401. The quantitative estimate of drug-likeness (QED) is 0.215. The minimum atomic E-state index is -0.0699. The van der Waals surface area contributed by atoms with Crippen molar-refractivity contribution in [1.29, 1.82) is 0 Å². The summed E-state index contributed by atoms with van der Waals surface area (Å²) in [6.45, 7) is 11.8. The summed E-state index contributed by atoms with van der Waals surface area (Å²) in [5.74, 6) is 0.359. The molecule has 0 radical (unpaired) electrons. The summed E-state index contributed by atoms with van der Waals surface area (Å²) in [4.78, 5) is 2.37. The fourth-order valence-corrected chi connectivity index (χ4v) is 8.31. The molecule has 2 heteroatoms. The summed E-state index contributed by atoms with van der Waals surface area (Å²) in [6, 6.07) is 26.6. The molecule has 226 valence electrons. The van der Waals surface area contributed by atoms with Crippen LogP contribution in [0, 0.1) is 5.41 Å². The lowest BCUT2D eigenvalue weighted by atomic mass is 9.75. The second kappa shape index (κ2) is 10.9. The van der Waals surface area contributed by atoms with E-state index in [2.05, 4.69) is 174 Å². The second-order valence-corrected chi connectivity index (χ2v) is 14.5. The number of fused-ring (bicyclic) bond motifs is 6. The van der Waals surface area contributed by atoms with Gasteiger partial charge in [-0.1, -0.05) is 106 Å². The van der Waals surface area contributed by atoms with Crippen LogP contribution in [0.3, 0.4) is 0 Å². The maximum absolute atomic E-state index is 2.41. The highest BCUT2D eigenvalue weighted by atomic mass is 15.1. The van der Waals surface area contributed by atoms with Crippen LogP contribution in [0.15, 0.2) is 132 Å². The maximum Gasteiger partial charge on any atom is 0.210 e. The molecule has 0 saturated carbocycles. The third-order valence-corrected chi connectivity index (χ3v) is 10.3. The molecule has 3 aliphatic rings. The van der Waals surface area contributed by atoms with E-state index < -0.39 is 0 Å². The Morgan fingerprint density at radius 3 is 2.22 bits per heavy atom. The summed E-state index contributed by atoms with van der Waals surface area (Å²) < 4.78 is 2.38. The van der Waals surface area contributed by atoms with Gasteiger partial charge in [-0.25, -0.2) is 0 Å². The standard InChI is InChI=1S/C43H45N2/c1-29-36(44(6)37-24-22-32-16-8-10-18-34(32)40(29)37)20-12-14-30-26-31(28-42(2,3)27-30)15-13-21-39-43(4,5)41-35-19-11-9-17-33(35)23-25-38(41)45(39)7/h8-26,29H,27-28H2,1-7H3/q+1. The van der Waals surface area contributed by atoms with Crippen molar-refractivity contribution >= 4 is 38.6 Å². The highest BCUT2D eigenvalue weighted by molar-refractivity contribution is 6.07. The molecule has 0 saturated heterocycles. The zero-order valence-electron chi connectivity index (χ0n) is 27.9. The van der Waals surface area contributed by atoms with Crippen LogP contribution in [0.25, 0.3) is 21.5 Å². The summed E-state index contributed by atoms with van der Waals surface area (Å²) in [5.41, 5.74) is 11.1. The Hall–Kier alpha value is -4.43. The van der Waals surface area contributed by atoms with Gasteiger partial charge in [0.15, 0.2) is 5.71 Å². The van der Waals surface area contributed by atoms with Crippen molar-refractivity contribution in [2.45, 2.75) is 58.8 Å². The number of anilines is 1. The number of likely N-dealkylation sites (N-methyl/N-ethyl adjacent to an activating group) is 1. The Morgan fingerprint density at radius 1 is 0.778 bits per heavy atom. The van der Waals surface area contributed by atoms with E-state index in [0.717, 1.165) is 12.8 Å². The Labute approximate surface area is 269 Å². The van der Waals surface area contributed by atoms with Gasteiger partial charge in [0.25, 0.3) is 0 Å². The topological polar surface area (TPSA) is 6.25 Å². The first-order chi connectivity index (χ1) is 21.5. The van der Waals surface area contributed by atoms with Crippen molar-refractivity contribution in [1.82, 2.24) is 0 Å². The number of benzene rings is 4. The SMILES string of the molecule is CC1/C(=C\C=C\C2=CC(=C/C=C/C3=[N+](C)c4ccc5ccccc5c4C3(C)C)/CC(C)(C)C2)N(C)c2ccc3ccccc3c21. The molecule has 0 N–H and O–H groups in total. The van der Waals surface area contributed by atoms with Crippen molar-refractivity contribution in [2.24, 2.45) is 5.41 Å². The first-order valence-corrected chi connectivity index (χ1v) is 16.4. The van der Waals surface area contributed by atoms with Crippen molar-refractivity contribution in [3.05, 3.63) is 143 Å². The molecule has 4 aromatic carbocycles. The van der Waals surface area contributed by atoms with E-state index >= 15 is 0 Å².